The maximum absolute atomic E-state index is 6.46. The summed E-state index contributed by atoms with van der Waals surface area (Å²) in [6.45, 7) is 13.1. The van der Waals surface area contributed by atoms with Crippen LogP contribution >= 0.6 is 0 Å². The van der Waals surface area contributed by atoms with Crippen LogP contribution in [0, 0.1) is 0 Å². The first-order valence-corrected chi connectivity index (χ1v) is 13.0. The molecule has 0 aromatic heterocycles. The first kappa shape index (κ1) is 21.9. The molecule has 0 aromatic rings. The third kappa shape index (κ3) is 13.6. The molecule has 0 aliphatic heterocycles. The van der Waals surface area contributed by atoms with E-state index in [1.165, 1.54) is 77.0 Å². The van der Waals surface area contributed by atoms with E-state index in [2.05, 4.69) is 33.5 Å². The van der Waals surface area contributed by atoms with Gasteiger partial charge in [0.15, 0.2) is 8.32 Å². The molecule has 132 valence electrons. The molecule has 0 saturated heterocycles. The molecule has 0 aliphatic carbocycles. The largest absolute Gasteiger partial charge is 0.414 e. The predicted molar refractivity (Wildman–Crippen MR) is 104 cm³/mol. The minimum absolute atomic E-state index is 0.496. The van der Waals surface area contributed by atoms with E-state index in [0.717, 1.165) is 6.04 Å². The lowest BCUT2D eigenvalue weighted by Crippen LogP contribution is -2.34. The summed E-state index contributed by atoms with van der Waals surface area (Å²) < 4.78 is 6.46. The van der Waals surface area contributed by atoms with Crippen molar-refractivity contribution in [3.63, 3.8) is 0 Å². The highest BCUT2D eigenvalue weighted by Gasteiger charge is 2.24. The first-order chi connectivity index (χ1) is 10.6. The molecule has 0 radical (unpaired) electrons. The first-order valence-electron chi connectivity index (χ1n) is 9.84. The highest BCUT2D eigenvalue weighted by Crippen LogP contribution is 2.21. The second-order valence-electron chi connectivity index (χ2n) is 7.40. The highest BCUT2D eigenvalue weighted by atomic mass is 28.4. The monoisotopic (exact) mass is 326 g/mol. The third-order valence-corrected chi connectivity index (χ3v) is 6.61. The van der Waals surface area contributed by atoms with Crippen molar-refractivity contribution in [2.75, 3.05) is 0 Å². The van der Waals surface area contributed by atoms with Crippen LogP contribution in [0.5, 0.6) is 0 Å². The topological polar surface area (TPSA) is 9.23 Å². The molecular weight excluding hydrogens is 284 g/mol. The van der Waals surface area contributed by atoms with Crippen molar-refractivity contribution in [2.24, 2.45) is 0 Å². The molecule has 0 amide bonds. The Labute approximate surface area is 142 Å². The van der Waals surface area contributed by atoms with E-state index in [0.29, 0.717) is 6.10 Å². The molecule has 2 heteroatoms. The molecule has 0 fully saturated rings. The second kappa shape index (κ2) is 14.5. The highest BCUT2D eigenvalue weighted by molar-refractivity contribution is 6.71. The zero-order valence-corrected chi connectivity index (χ0v) is 17.0. The van der Waals surface area contributed by atoms with Gasteiger partial charge in [-0.3, -0.25) is 0 Å². The molecule has 0 aliphatic rings. The van der Waals surface area contributed by atoms with Crippen molar-refractivity contribution in [1.29, 1.82) is 0 Å². The number of allylic oxidation sites excluding steroid dienone is 1. The van der Waals surface area contributed by atoms with Crippen LogP contribution in [0.1, 0.15) is 90.9 Å². The fourth-order valence-corrected chi connectivity index (χ4v) is 5.04. The van der Waals surface area contributed by atoms with Gasteiger partial charge >= 0.3 is 0 Å². The van der Waals surface area contributed by atoms with Gasteiger partial charge in [-0.2, -0.15) is 0 Å². The molecule has 1 unspecified atom stereocenters. The SMILES string of the molecule is C=CC[Si](C)(C)OC(CCC)CCCCCCCCCCC. The Hall–Kier alpha value is -0.0831. The van der Waals surface area contributed by atoms with Crippen molar-refractivity contribution in [2.45, 2.75) is 116 Å². The van der Waals surface area contributed by atoms with E-state index < -0.39 is 8.32 Å². The maximum atomic E-state index is 6.46. The van der Waals surface area contributed by atoms with Crippen molar-refractivity contribution in [3.05, 3.63) is 12.7 Å². The summed E-state index contributed by atoms with van der Waals surface area (Å²) in [5.41, 5.74) is 0. The molecule has 1 nitrogen and oxygen atoms in total. The predicted octanol–water partition coefficient (Wildman–Crippen LogP) is 7.48. The minimum atomic E-state index is -1.52. The summed E-state index contributed by atoms with van der Waals surface area (Å²) >= 11 is 0. The Morgan fingerprint density at radius 1 is 0.818 bits per heavy atom. The van der Waals surface area contributed by atoms with Gasteiger partial charge in [0, 0.05) is 6.10 Å². The van der Waals surface area contributed by atoms with Crippen molar-refractivity contribution in [1.82, 2.24) is 0 Å². The van der Waals surface area contributed by atoms with E-state index in [9.17, 15) is 0 Å². The quantitative estimate of drug-likeness (QED) is 0.162. The summed E-state index contributed by atoms with van der Waals surface area (Å²) in [5.74, 6) is 0. The summed E-state index contributed by atoms with van der Waals surface area (Å²) in [6, 6.07) is 1.07. The van der Waals surface area contributed by atoms with E-state index in [4.69, 9.17) is 4.43 Å². The van der Waals surface area contributed by atoms with Gasteiger partial charge in [-0.05, 0) is 32.0 Å². The Balaban J connectivity index is 3.71. The van der Waals surface area contributed by atoms with Crippen LogP contribution in [0.25, 0.3) is 0 Å². The average Bonchev–Trinajstić information content (AvgIpc) is 2.45. The second-order valence-corrected chi connectivity index (χ2v) is 11.6. The lowest BCUT2D eigenvalue weighted by atomic mass is 10.0. The molecule has 0 rings (SSSR count). The Morgan fingerprint density at radius 2 is 1.36 bits per heavy atom. The van der Waals surface area contributed by atoms with Crippen LogP contribution < -0.4 is 0 Å². The summed E-state index contributed by atoms with van der Waals surface area (Å²) in [4.78, 5) is 0. The molecule has 0 spiro atoms. The van der Waals surface area contributed by atoms with Gasteiger partial charge in [0.1, 0.15) is 0 Å². The Bertz CT molecular complexity index is 250. The van der Waals surface area contributed by atoms with Gasteiger partial charge in [0.25, 0.3) is 0 Å². The molecule has 22 heavy (non-hydrogen) atoms. The zero-order valence-electron chi connectivity index (χ0n) is 16.0. The average molecular weight is 327 g/mol. The number of hydrogen-bond acceptors (Lipinski definition) is 1. The van der Waals surface area contributed by atoms with Crippen molar-refractivity contribution >= 4 is 8.32 Å². The molecule has 0 aromatic carbocycles. The molecule has 0 bridgehead atoms. The lowest BCUT2D eigenvalue weighted by Gasteiger charge is -2.28. The van der Waals surface area contributed by atoms with E-state index in [1.54, 1.807) is 0 Å². The normalized spacial score (nSPS) is 13.3. The van der Waals surface area contributed by atoms with Crippen LogP contribution in [0.2, 0.25) is 19.1 Å². The van der Waals surface area contributed by atoms with Gasteiger partial charge < -0.3 is 4.43 Å². The number of rotatable bonds is 16. The van der Waals surface area contributed by atoms with Gasteiger partial charge in [-0.15, -0.1) is 6.58 Å². The molecular formula is C20H42OSi. The van der Waals surface area contributed by atoms with Crippen LogP contribution in [-0.2, 0) is 4.43 Å². The molecule has 0 N–H and O–H groups in total. The van der Waals surface area contributed by atoms with E-state index in [1.807, 2.05) is 6.08 Å². The maximum Gasteiger partial charge on any atom is 0.190 e. The van der Waals surface area contributed by atoms with Crippen LogP contribution in [0.3, 0.4) is 0 Å². The van der Waals surface area contributed by atoms with Crippen molar-refractivity contribution < 1.29 is 4.43 Å². The standard InChI is InChI=1S/C20H42OSi/c1-6-9-10-11-12-13-14-15-16-18-20(17-7-2)21-22(4,5)19-8-3/h8,20H,3,6-7,9-19H2,1-2,4-5H3. The van der Waals surface area contributed by atoms with Gasteiger partial charge in [-0.25, -0.2) is 0 Å². The molecule has 0 saturated carbocycles. The van der Waals surface area contributed by atoms with Crippen LogP contribution in [0.15, 0.2) is 12.7 Å². The fraction of sp³-hybridized carbons (Fsp3) is 0.900. The van der Waals surface area contributed by atoms with Gasteiger partial charge in [0.2, 0.25) is 0 Å². The van der Waals surface area contributed by atoms with E-state index >= 15 is 0 Å². The van der Waals surface area contributed by atoms with Crippen LogP contribution in [-0.4, -0.2) is 14.4 Å². The van der Waals surface area contributed by atoms with E-state index in [-0.39, 0.29) is 0 Å². The molecule has 1 atom stereocenters. The van der Waals surface area contributed by atoms with Gasteiger partial charge in [0.05, 0.1) is 0 Å². The van der Waals surface area contributed by atoms with Crippen LogP contribution in [0.4, 0.5) is 0 Å². The number of unbranched alkanes of at least 4 members (excludes halogenated alkanes) is 8. The van der Waals surface area contributed by atoms with Gasteiger partial charge in [-0.1, -0.05) is 84.1 Å². The Kier molecular flexibility index (Phi) is 14.5. The minimum Gasteiger partial charge on any atom is -0.414 e. The number of hydrogen-bond donors (Lipinski definition) is 0. The smallest absolute Gasteiger partial charge is 0.190 e. The fourth-order valence-electron chi connectivity index (χ4n) is 3.11. The summed E-state index contributed by atoms with van der Waals surface area (Å²) in [7, 11) is -1.52. The Morgan fingerprint density at radius 3 is 1.86 bits per heavy atom. The lowest BCUT2D eigenvalue weighted by molar-refractivity contribution is 0.167. The third-order valence-electron chi connectivity index (χ3n) is 4.36. The zero-order chi connectivity index (χ0) is 16.7. The summed E-state index contributed by atoms with van der Waals surface area (Å²) in [6.07, 6.45) is 18.9. The van der Waals surface area contributed by atoms with Crippen molar-refractivity contribution in [3.8, 4) is 0 Å². The summed E-state index contributed by atoms with van der Waals surface area (Å²) in [5, 5.41) is 0. The molecule has 0 heterocycles.